The number of aliphatic hydroxyl groups is 1. The largest absolute Gasteiger partial charge is 0.510 e. The third kappa shape index (κ3) is 3.03. The second-order valence-corrected chi connectivity index (χ2v) is 7.90. The molecule has 0 spiro atoms. The van der Waals surface area contributed by atoms with Crippen molar-refractivity contribution in [3.05, 3.63) is 53.9 Å². The fourth-order valence-corrected chi connectivity index (χ4v) is 3.94. The number of para-hydroxylation sites is 1. The van der Waals surface area contributed by atoms with Crippen LogP contribution in [0.25, 0.3) is 21.8 Å². The molecule has 0 unspecified atom stereocenters. The molecule has 5 heteroatoms. The van der Waals surface area contributed by atoms with Gasteiger partial charge in [0.15, 0.2) is 11.5 Å². The van der Waals surface area contributed by atoms with Crippen molar-refractivity contribution in [1.82, 2.24) is 4.57 Å². The van der Waals surface area contributed by atoms with Crippen molar-refractivity contribution in [2.24, 2.45) is 15.6 Å². The van der Waals surface area contributed by atoms with E-state index in [1.165, 1.54) is 10.9 Å². The topological polar surface area (TPSA) is 66.9 Å². The number of aliphatic hydroxyl groups excluding tert-OH is 1. The van der Waals surface area contributed by atoms with E-state index in [0.29, 0.717) is 18.5 Å². The smallest absolute Gasteiger partial charge is 0.187 e. The van der Waals surface area contributed by atoms with Crippen LogP contribution in [0.15, 0.2) is 64.1 Å². The number of aryl methyl sites for hydroxylation is 1. The molecule has 3 aromatic rings. The first kappa shape index (κ1) is 17.5. The zero-order valence-corrected chi connectivity index (χ0v) is 15.9. The first-order valence-electron chi connectivity index (χ1n) is 9.28. The van der Waals surface area contributed by atoms with Crippen molar-refractivity contribution >= 4 is 33.3 Å². The van der Waals surface area contributed by atoms with Crippen molar-refractivity contribution in [1.29, 1.82) is 0 Å². The number of hydrogen-bond donors (Lipinski definition) is 1. The molecule has 0 fully saturated rings. The summed E-state index contributed by atoms with van der Waals surface area (Å²) in [5, 5.41) is 20.8. The number of aromatic nitrogens is 1. The van der Waals surface area contributed by atoms with E-state index < -0.39 is 0 Å². The predicted octanol–water partition coefficient (Wildman–Crippen LogP) is 6.06. The zero-order valence-electron chi connectivity index (χ0n) is 15.9. The van der Waals surface area contributed by atoms with Crippen LogP contribution in [0.1, 0.15) is 33.6 Å². The number of carbonyl (C=O) groups excluding carboxylic acids is 1. The molecule has 1 heterocycles. The molecule has 0 atom stereocenters. The van der Waals surface area contributed by atoms with Gasteiger partial charge in [0.1, 0.15) is 5.76 Å². The molecule has 2 aromatic carbocycles. The summed E-state index contributed by atoms with van der Waals surface area (Å²) in [6.45, 7) is 6.94. The van der Waals surface area contributed by atoms with Gasteiger partial charge in [-0.3, -0.25) is 4.79 Å². The predicted molar refractivity (Wildman–Crippen MR) is 107 cm³/mol. The van der Waals surface area contributed by atoms with Gasteiger partial charge in [-0.25, -0.2) is 0 Å². The van der Waals surface area contributed by atoms with Gasteiger partial charge in [-0.05, 0) is 36.6 Å². The lowest BCUT2D eigenvalue weighted by Crippen LogP contribution is -2.25. The van der Waals surface area contributed by atoms with E-state index in [9.17, 15) is 9.90 Å². The van der Waals surface area contributed by atoms with E-state index in [-0.39, 0.29) is 22.7 Å². The summed E-state index contributed by atoms with van der Waals surface area (Å²) in [5.41, 5.74) is 2.86. The molecular formula is C22H23N3O2. The zero-order chi connectivity index (χ0) is 19.2. The summed E-state index contributed by atoms with van der Waals surface area (Å²) in [6, 6.07) is 14.2. The Hall–Kier alpha value is -2.95. The first-order valence-corrected chi connectivity index (χ1v) is 9.28. The Bertz CT molecular complexity index is 1120. The third-order valence-corrected chi connectivity index (χ3v) is 5.16. The maximum Gasteiger partial charge on any atom is 0.187 e. The van der Waals surface area contributed by atoms with Crippen LogP contribution in [0.2, 0.25) is 0 Å². The summed E-state index contributed by atoms with van der Waals surface area (Å²) in [7, 11) is 0. The van der Waals surface area contributed by atoms with Crippen LogP contribution in [0, 0.1) is 5.41 Å². The second kappa shape index (κ2) is 6.34. The first-order chi connectivity index (χ1) is 12.9. The SMILES string of the molecule is CCn1c2ccccc2c2cc(N=NC3=C(O)CC(C)(C)CC3=O)ccc21. The Labute approximate surface area is 158 Å². The molecule has 1 N–H and O–H groups in total. The Morgan fingerprint density at radius 1 is 1.04 bits per heavy atom. The van der Waals surface area contributed by atoms with Crippen LogP contribution >= 0.6 is 0 Å². The van der Waals surface area contributed by atoms with Gasteiger partial charge in [-0.1, -0.05) is 32.0 Å². The van der Waals surface area contributed by atoms with E-state index in [4.69, 9.17) is 0 Å². The molecule has 0 amide bonds. The number of hydrogen-bond acceptors (Lipinski definition) is 4. The van der Waals surface area contributed by atoms with Gasteiger partial charge in [-0.2, -0.15) is 5.11 Å². The summed E-state index contributed by atoms with van der Waals surface area (Å²) in [5.74, 6) is -0.125. The Balaban J connectivity index is 1.76. The van der Waals surface area contributed by atoms with Crippen LogP contribution < -0.4 is 0 Å². The molecule has 0 saturated heterocycles. The number of rotatable bonds is 3. The molecular weight excluding hydrogens is 338 g/mol. The quantitative estimate of drug-likeness (QED) is 0.576. The number of ketones is 1. The molecule has 0 aliphatic heterocycles. The Morgan fingerprint density at radius 3 is 2.52 bits per heavy atom. The van der Waals surface area contributed by atoms with Crippen molar-refractivity contribution in [3.8, 4) is 0 Å². The van der Waals surface area contributed by atoms with E-state index in [0.717, 1.165) is 17.4 Å². The second-order valence-electron chi connectivity index (χ2n) is 7.90. The highest BCUT2D eigenvalue weighted by atomic mass is 16.3. The normalized spacial score (nSPS) is 17.5. The molecule has 1 aliphatic carbocycles. The molecule has 1 aliphatic rings. The summed E-state index contributed by atoms with van der Waals surface area (Å²) in [6.07, 6.45) is 0.810. The summed E-state index contributed by atoms with van der Waals surface area (Å²) < 4.78 is 2.27. The van der Waals surface area contributed by atoms with Crippen molar-refractivity contribution < 1.29 is 9.90 Å². The van der Waals surface area contributed by atoms with Crippen LogP contribution in [-0.4, -0.2) is 15.5 Å². The van der Waals surface area contributed by atoms with Gasteiger partial charge < -0.3 is 9.67 Å². The van der Waals surface area contributed by atoms with Gasteiger partial charge in [0.25, 0.3) is 0 Å². The molecule has 1 aromatic heterocycles. The Morgan fingerprint density at radius 2 is 1.78 bits per heavy atom. The number of Topliss-reactive ketones (excluding diaryl/α,β-unsaturated/α-hetero) is 1. The minimum Gasteiger partial charge on any atom is -0.510 e. The molecule has 5 nitrogen and oxygen atoms in total. The van der Waals surface area contributed by atoms with Gasteiger partial charge in [-0.15, -0.1) is 5.11 Å². The van der Waals surface area contributed by atoms with Crippen LogP contribution in [0.3, 0.4) is 0 Å². The molecule has 0 bridgehead atoms. The monoisotopic (exact) mass is 361 g/mol. The molecule has 0 radical (unpaired) electrons. The summed E-state index contributed by atoms with van der Waals surface area (Å²) >= 11 is 0. The third-order valence-electron chi connectivity index (χ3n) is 5.16. The van der Waals surface area contributed by atoms with Gasteiger partial charge in [0, 0.05) is 41.2 Å². The van der Waals surface area contributed by atoms with Crippen LogP contribution in [0.5, 0.6) is 0 Å². The Kier molecular flexibility index (Phi) is 4.10. The van der Waals surface area contributed by atoms with Crippen molar-refractivity contribution in [2.45, 2.75) is 40.2 Å². The van der Waals surface area contributed by atoms with E-state index in [2.05, 4.69) is 33.9 Å². The standard InChI is InChI=1S/C22H23N3O2/c1-4-25-17-8-6-5-7-15(17)16-11-14(9-10-18(16)25)23-24-21-19(26)12-22(2,3)13-20(21)27/h5-11,26H,4,12-13H2,1-3H3. The lowest BCUT2D eigenvalue weighted by atomic mass is 9.78. The average Bonchev–Trinajstić information content (AvgIpc) is 2.93. The van der Waals surface area contributed by atoms with Gasteiger partial charge >= 0.3 is 0 Å². The highest BCUT2D eigenvalue weighted by Crippen LogP contribution is 2.37. The molecule has 138 valence electrons. The average molecular weight is 361 g/mol. The lowest BCUT2D eigenvalue weighted by Gasteiger charge is -2.27. The number of carbonyl (C=O) groups is 1. The number of benzene rings is 2. The lowest BCUT2D eigenvalue weighted by molar-refractivity contribution is -0.118. The molecule has 4 rings (SSSR count). The van der Waals surface area contributed by atoms with E-state index in [1.54, 1.807) is 0 Å². The van der Waals surface area contributed by atoms with E-state index >= 15 is 0 Å². The van der Waals surface area contributed by atoms with E-state index in [1.807, 2.05) is 44.2 Å². The fourth-order valence-electron chi connectivity index (χ4n) is 3.94. The highest BCUT2D eigenvalue weighted by molar-refractivity contribution is 6.08. The fraction of sp³-hybridized carbons (Fsp3) is 0.318. The van der Waals surface area contributed by atoms with Crippen molar-refractivity contribution in [3.63, 3.8) is 0 Å². The maximum absolute atomic E-state index is 12.3. The number of azo groups is 1. The molecule has 0 saturated carbocycles. The minimum absolute atomic E-state index is 0.0312. The minimum atomic E-state index is -0.235. The van der Waals surface area contributed by atoms with Gasteiger partial charge in [0.2, 0.25) is 0 Å². The number of allylic oxidation sites excluding steroid dienone is 2. The number of fused-ring (bicyclic) bond motifs is 3. The van der Waals surface area contributed by atoms with Crippen LogP contribution in [0.4, 0.5) is 5.69 Å². The number of nitrogens with zero attached hydrogens (tertiary/aromatic N) is 3. The molecule has 27 heavy (non-hydrogen) atoms. The van der Waals surface area contributed by atoms with Gasteiger partial charge in [0.05, 0.1) is 5.69 Å². The van der Waals surface area contributed by atoms with Crippen LogP contribution in [-0.2, 0) is 11.3 Å². The maximum atomic E-state index is 12.3. The van der Waals surface area contributed by atoms with Crippen molar-refractivity contribution in [2.75, 3.05) is 0 Å². The summed E-state index contributed by atoms with van der Waals surface area (Å²) in [4.78, 5) is 12.3. The highest BCUT2D eigenvalue weighted by Gasteiger charge is 2.33.